The number of benzene rings is 1. The van der Waals surface area contributed by atoms with Crippen LogP contribution >= 0.6 is 11.8 Å². The smallest absolute Gasteiger partial charge is 0.256 e. The van der Waals surface area contributed by atoms with Gasteiger partial charge in [0.25, 0.3) is 5.22 Å². The molecule has 5 heteroatoms. The normalized spacial score (nSPS) is 12.7. The number of halogens is 1. The summed E-state index contributed by atoms with van der Waals surface area (Å²) in [6, 6.07) is 6.64. The Kier molecular flexibility index (Phi) is 4.04. The van der Waals surface area contributed by atoms with Gasteiger partial charge in [-0.05, 0) is 19.9 Å². The van der Waals surface area contributed by atoms with Gasteiger partial charge in [-0.15, -0.1) is 0 Å². The number of hydrogen-bond donors (Lipinski definition) is 1. The Morgan fingerprint density at radius 1 is 1.39 bits per heavy atom. The molecule has 0 aliphatic carbocycles. The minimum Gasteiger partial charge on any atom is -0.437 e. The minimum atomic E-state index is -0.250. The fourth-order valence-corrected chi connectivity index (χ4v) is 2.61. The van der Waals surface area contributed by atoms with Crippen LogP contribution in [-0.2, 0) is 0 Å². The van der Waals surface area contributed by atoms with Crippen molar-refractivity contribution in [3.8, 4) is 0 Å². The summed E-state index contributed by atoms with van der Waals surface area (Å²) < 4.78 is 19.2. The van der Waals surface area contributed by atoms with Crippen molar-refractivity contribution in [3.63, 3.8) is 0 Å². The van der Waals surface area contributed by atoms with Crippen LogP contribution < -0.4 is 5.73 Å². The summed E-state index contributed by atoms with van der Waals surface area (Å²) in [5.41, 5.74) is 7.14. The van der Waals surface area contributed by atoms with Crippen LogP contribution in [0.25, 0.3) is 0 Å². The Bertz CT molecular complexity index is 522. The molecule has 1 atom stereocenters. The van der Waals surface area contributed by atoms with E-state index in [0.717, 1.165) is 11.5 Å². The Labute approximate surface area is 110 Å². The minimum absolute atomic E-state index is 0.191. The number of nitrogens with two attached hydrogens (primary N) is 1. The number of aromatic nitrogens is 1. The third-order valence-corrected chi connectivity index (χ3v) is 3.83. The SMILES string of the molecule is Cc1nc(SC(CN)c2ccccc2F)oc1C. The van der Waals surface area contributed by atoms with Crippen LogP contribution in [0.15, 0.2) is 33.9 Å². The average molecular weight is 266 g/mol. The maximum absolute atomic E-state index is 13.7. The lowest BCUT2D eigenvalue weighted by Crippen LogP contribution is -2.10. The van der Waals surface area contributed by atoms with Crippen molar-refractivity contribution < 1.29 is 8.81 Å². The van der Waals surface area contributed by atoms with Crippen molar-refractivity contribution in [3.05, 3.63) is 47.1 Å². The summed E-state index contributed by atoms with van der Waals surface area (Å²) in [6.45, 7) is 4.06. The van der Waals surface area contributed by atoms with E-state index in [9.17, 15) is 4.39 Å². The van der Waals surface area contributed by atoms with E-state index in [2.05, 4.69) is 4.98 Å². The maximum Gasteiger partial charge on any atom is 0.256 e. The van der Waals surface area contributed by atoms with Gasteiger partial charge in [0.2, 0.25) is 0 Å². The van der Waals surface area contributed by atoms with Crippen molar-refractivity contribution in [1.82, 2.24) is 4.98 Å². The number of aryl methyl sites for hydroxylation is 2. The van der Waals surface area contributed by atoms with Crippen LogP contribution in [0.1, 0.15) is 22.3 Å². The van der Waals surface area contributed by atoms with Crippen LogP contribution in [0.2, 0.25) is 0 Å². The van der Waals surface area contributed by atoms with Gasteiger partial charge in [0, 0.05) is 12.1 Å². The van der Waals surface area contributed by atoms with Crippen molar-refractivity contribution in [1.29, 1.82) is 0 Å². The van der Waals surface area contributed by atoms with E-state index in [1.165, 1.54) is 17.8 Å². The summed E-state index contributed by atoms with van der Waals surface area (Å²) in [4.78, 5) is 4.27. The first-order valence-corrected chi connectivity index (χ1v) is 6.55. The molecular weight excluding hydrogens is 251 g/mol. The van der Waals surface area contributed by atoms with Crippen molar-refractivity contribution >= 4 is 11.8 Å². The molecule has 0 fully saturated rings. The number of rotatable bonds is 4. The Morgan fingerprint density at radius 3 is 2.67 bits per heavy atom. The molecule has 2 N–H and O–H groups in total. The summed E-state index contributed by atoms with van der Waals surface area (Å²) in [7, 11) is 0. The highest BCUT2D eigenvalue weighted by Crippen LogP contribution is 2.35. The molecule has 2 rings (SSSR count). The zero-order valence-corrected chi connectivity index (χ0v) is 11.1. The third-order valence-electron chi connectivity index (χ3n) is 2.72. The second-order valence-corrected chi connectivity index (χ2v) is 5.14. The van der Waals surface area contributed by atoms with E-state index < -0.39 is 0 Å². The second kappa shape index (κ2) is 5.54. The molecule has 0 radical (unpaired) electrons. The van der Waals surface area contributed by atoms with E-state index in [4.69, 9.17) is 10.2 Å². The summed E-state index contributed by atoms with van der Waals surface area (Å²) >= 11 is 1.35. The van der Waals surface area contributed by atoms with Crippen LogP contribution in [0, 0.1) is 19.7 Å². The van der Waals surface area contributed by atoms with E-state index in [1.807, 2.05) is 13.8 Å². The summed E-state index contributed by atoms with van der Waals surface area (Å²) in [5, 5.41) is 0.340. The first-order valence-electron chi connectivity index (χ1n) is 5.67. The topological polar surface area (TPSA) is 52.0 Å². The number of oxazole rings is 1. The number of thioether (sulfide) groups is 1. The summed E-state index contributed by atoms with van der Waals surface area (Å²) in [6.07, 6.45) is 0. The van der Waals surface area contributed by atoms with E-state index >= 15 is 0 Å². The van der Waals surface area contributed by atoms with Gasteiger partial charge in [0.1, 0.15) is 11.6 Å². The largest absolute Gasteiger partial charge is 0.437 e. The van der Waals surface area contributed by atoms with Crippen molar-refractivity contribution in [2.45, 2.75) is 24.3 Å². The van der Waals surface area contributed by atoms with Gasteiger partial charge in [-0.2, -0.15) is 0 Å². The third kappa shape index (κ3) is 2.73. The molecule has 1 heterocycles. The van der Waals surface area contributed by atoms with Gasteiger partial charge in [0.05, 0.1) is 10.9 Å². The highest BCUT2D eigenvalue weighted by atomic mass is 32.2. The Morgan fingerprint density at radius 2 is 2.11 bits per heavy atom. The monoisotopic (exact) mass is 266 g/mol. The molecule has 2 aromatic rings. The molecule has 0 bridgehead atoms. The van der Waals surface area contributed by atoms with Crippen molar-refractivity contribution in [2.24, 2.45) is 5.73 Å². The Balaban J connectivity index is 2.22. The molecule has 0 saturated heterocycles. The van der Waals surface area contributed by atoms with Gasteiger partial charge in [-0.1, -0.05) is 30.0 Å². The lowest BCUT2D eigenvalue weighted by Gasteiger charge is -2.13. The lowest BCUT2D eigenvalue weighted by molar-refractivity contribution is 0.430. The molecule has 0 amide bonds. The molecule has 96 valence electrons. The van der Waals surface area contributed by atoms with E-state index in [1.54, 1.807) is 18.2 Å². The Hall–Kier alpha value is -1.33. The average Bonchev–Trinajstić information content (AvgIpc) is 2.66. The molecule has 0 spiro atoms. The van der Waals surface area contributed by atoms with E-state index in [-0.39, 0.29) is 11.1 Å². The molecule has 1 unspecified atom stereocenters. The fourth-order valence-electron chi connectivity index (χ4n) is 1.59. The first-order chi connectivity index (χ1) is 8.61. The predicted octanol–water partition coefficient (Wildman–Crippen LogP) is 3.22. The van der Waals surface area contributed by atoms with Crippen molar-refractivity contribution in [2.75, 3.05) is 6.54 Å². The van der Waals surface area contributed by atoms with Crippen LogP contribution in [0.3, 0.4) is 0 Å². The van der Waals surface area contributed by atoms with E-state index in [0.29, 0.717) is 17.3 Å². The van der Waals surface area contributed by atoms with Gasteiger partial charge in [-0.3, -0.25) is 0 Å². The second-order valence-electron chi connectivity index (χ2n) is 3.99. The quantitative estimate of drug-likeness (QED) is 0.863. The van der Waals surface area contributed by atoms with Crippen LogP contribution in [-0.4, -0.2) is 11.5 Å². The van der Waals surface area contributed by atoms with Gasteiger partial charge in [0.15, 0.2) is 0 Å². The highest BCUT2D eigenvalue weighted by Gasteiger charge is 2.18. The first kappa shape index (κ1) is 13.1. The molecule has 1 aromatic carbocycles. The fraction of sp³-hybridized carbons (Fsp3) is 0.308. The zero-order chi connectivity index (χ0) is 13.1. The van der Waals surface area contributed by atoms with Gasteiger partial charge in [-0.25, -0.2) is 9.37 Å². The lowest BCUT2D eigenvalue weighted by atomic mass is 10.1. The molecule has 0 saturated carbocycles. The van der Waals surface area contributed by atoms with Gasteiger partial charge >= 0.3 is 0 Å². The van der Waals surface area contributed by atoms with Gasteiger partial charge < -0.3 is 10.2 Å². The molecule has 3 nitrogen and oxygen atoms in total. The molecule has 18 heavy (non-hydrogen) atoms. The maximum atomic E-state index is 13.7. The highest BCUT2D eigenvalue weighted by molar-refractivity contribution is 7.99. The number of hydrogen-bond acceptors (Lipinski definition) is 4. The molecule has 0 aliphatic heterocycles. The summed E-state index contributed by atoms with van der Waals surface area (Å²) in [5.74, 6) is 0.530. The molecule has 1 aromatic heterocycles. The predicted molar refractivity (Wildman–Crippen MR) is 70.0 cm³/mol. The van der Waals surface area contributed by atoms with Crippen LogP contribution in [0.5, 0.6) is 0 Å². The van der Waals surface area contributed by atoms with Crippen LogP contribution in [0.4, 0.5) is 4.39 Å². The standard InChI is InChI=1S/C13H15FN2OS/c1-8-9(2)17-13(16-8)18-12(7-15)10-5-3-4-6-11(10)14/h3-6,12H,7,15H2,1-2H3. The molecule has 0 aliphatic rings. The molecular formula is C13H15FN2OS. The zero-order valence-electron chi connectivity index (χ0n) is 10.3. The number of nitrogens with zero attached hydrogens (tertiary/aromatic N) is 1.